The molecule has 76 valence electrons. The van der Waals surface area contributed by atoms with Crippen LogP contribution in [0.2, 0.25) is 5.15 Å². The summed E-state index contributed by atoms with van der Waals surface area (Å²) in [5, 5.41) is 4.12. The minimum absolute atomic E-state index is 0.507. The van der Waals surface area contributed by atoms with Gasteiger partial charge in [-0.3, -0.25) is 0 Å². The van der Waals surface area contributed by atoms with E-state index in [-0.39, 0.29) is 0 Å². The van der Waals surface area contributed by atoms with Crippen molar-refractivity contribution < 1.29 is 0 Å². The Kier molecular flexibility index (Phi) is 4.10. The highest BCUT2D eigenvalue weighted by molar-refractivity contribution is 7.80. The molecule has 0 saturated carbocycles. The second-order valence-electron chi connectivity index (χ2n) is 2.90. The fourth-order valence-corrected chi connectivity index (χ4v) is 1.21. The number of nitrogens with zero attached hydrogens (tertiary/aromatic N) is 2. The first-order valence-electron chi connectivity index (χ1n) is 4.16. The van der Waals surface area contributed by atoms with Crippen molar-refractivity contribution in [1.29, 1.82) is 0 Å². The van der Waals surface area contributed by atoms with Crippen LogP contribution in [-0.4, -0.2) is 29.1 Å². The molecule has 0 unspecified atom stereocenters. The molecule has 1 heterocycles. The Morgan fingerprint density at radius 2 is 2.36 bits per heavy atom. The lowest BCUT2D eigenvalue weighted by atomic mass is 10.3. The molecule has 1 rings (SSSR count). The van der Waals surface area contributed by atoms with Crippen LogP contribution in [0.3, 0.4) is 0 Å². The SMILES string of the molecule is CNC(=S)N(C)Cc1ccc(Cl)nc1. The minimum Gasteiger partial charge on any atom is -0.366 e. The van der Waals surface area contributed by atoms with Crippen LogP contribution < -0.4 is 5.32 Å². The maximum atomic E-state index is 5.68. The zero-order valence-electron chi connectivity index (χ0n) is 8.12. The molecule has 1 N–H and O–H groups in total. The van der Waals surface area contributed by atoms with Crippen molar-refractivity contribution in [3.63, 3.8) is 0 Å². The molecule has 0 atom stereocenters. The molecule has 3 nitrogen and oxygen atoms in total. The predicted octanol–water partition coefficient (Wildman–Crippen LogP) is 1.67. The van der Waals surface area contributed by atoms with Gasteiger partial charge < -0.3 is 10.2 Å². The van der Waals surface area contributed by atoms with E-state index in [1.54, 1.807) is 19.3 Å². The van der Waals surface area contributed by atoms with Crippen molar-refractivity contribution in [2.45, 2.75) is 6.54 Å². The lowest BCUT2D eigenvalue weighted by Gasteiger charge is -2.19. The zero-order valence-corrected chi connectivity index (χ0v) is 9.69. The number of thiocarbonyl (C=S) groups is 1. The van der Waals surface area contributed by atoms with E-state index in [0.717, 1.165) is 12.1 Å². The van der Waals surface area contributed by atoms with Crippen molar-refractivity contribution in [3.05, 3.63) is 29.0 Å². The van der Waals surface area contributed by atoms with Gasteiger partial charge in [0.05, 0.1) is 0 Å². The van der Waals surface area contributed by atoms with Crippen molar-refractivity contribution in [2.24, 2.45) is 0 Å². The van der Waals surface area contributed by atoms with Gasteiger partial charge in [-0.15, -0.1) is 0 Å². The summed E-state index contributed by atoms with van der Waals surface area (Å²) >= 11 is 10.7. The molecular weight excluding hydrogens is 218 g/mol. The Morgan fingerprint density at radius 3 is 2.86 bits per heavy atom. The number of rotatable bonds is 2. The van der Waals surface area contributed by atoms with Gasteiger partial charge in [-0.2, -0.15) is 0 Å². The van der Waals surface area contributed by atoms with Gasteiger partial charge in [0.15, 0.2) is 5.11 Å². The maximum Gasteiger partial charge on any atom is 0.168 e. The van der Waals surface area contributed by atoms with E-state index < -0.39 is 0 Å². The number of hydrogen-bond acceptors (Lipinski definition) is 2. The van der Waals surface area contributed by atoms with Crippen molar-refractivity contribution >= 4 is 28.9 Å². The molecule has 0 aliphatic heterocycles. The van der Waals surface area contributed by atoms with Gasteiger partial charge in [0.1, 0.15) is 5.15 Å². The summed E-state index contributed by atoms with van der Waals surface area (Å²) in [6.45, 7) is 0.726. The van der Waals surface area contributed by atoms with E-state index in [0.29, 0.717) is 10.3 Å². The quantitative estimate of drug-likeness (QED) is 0.617. The molecule has 1 aromatic heterocycles. The van der Waals surface area contributed by atoms with Crippen LogP contribution in [0.25, 0.3) is 0 Å². The first-order valence-corrected chi connectivity index (χ1v) is 4.95. The molecule has 0 amide bonds. The van der Waals surface area contributed by atoms with Gasteiger partial charge in [-0.25, -0.2) is 4.98 Å². The zero-order chi connectivity index (χ0) is 10.6. The molecular formula is C9H12ClN3S. The molecule has 0 aromatic carbocycles. The Bertz CT molecular complexity index is 312. The third-order valence-electron chi connectivity index (χ3n) is 1.77. The molecule has 0 bridgehead atoms. The summed E-state index contributed by atoms with van der Waals surface area (Å²) in [6, 6.07) is 3.71. The smallest absolute Gasteiger partial charge is 0.168 e. The van der Waals surface area contributed by atoms with Gasteiger partial charge in [0.25, 0.3) is 0 Å². The minimum atomic E-state index is 0.507. The standard InChI is InChI=1S/C9H12ClN3S/c1-11-9(14)13(2)6-7-3-4-8(10)12-5-7/h3-5H,6H2,1-2H3,(H,11,14). The monoisotopic (exact) mass is 229 g/mol. The van der Waals surface area contributed by atoms with Gasteiger partial charge in [0, 0.05) is 26.8 Å². The van der Waals surface area contributed by atoms with E-state index in [2.05, 4.69) is 10.3 Å². The summed E-state index contributed by atoms with van der Waals surface area (Å²) in [7, 11) is 3.73. The van der Waals surface area contributed by atoms with E-state index in [4.69, 9.17) is 23.8 Å². The Balaban J connectivity index is 2.60. The Hall–Kier alpha value is -0.870. The third-order valence-corrected chi connectivity index (χ3v) is 2.51. The van der Waals surface area contributed by atoms with E-state index in [9.17, 15) is 0 Å². The molecule has 0 saturated heterocycles. The first-order chi connectivity index (χ1) is 6.63. The summed E-state index contributed by atoms with van der Waals surface area (Å²) in [5.74, 6) is 0. The molecule has 0 spiro atoms. The summed E-state index contributed by atoms with van der Waals surface area (Å²) in [5.41, 5.74) is 1.08. The van der Waals surface area contributed by atoms with E-state index >= 15 is 0 Å². The number of nitrogens with one attached hydrogen (secondary N) is 1. The van der Waals surface area contributed by atoms with Crippen LogP contribution in [0, 0.1) is 0 Å². The molecule has 0 fully saturated rings. The van der Waals surface area contributed by atoms with Gasteiger partial charge in [-0.1, -0.05) is 17.7 Å². The average Bonchev–Trinajstić information content (AvgIpc) is 2.20. The normalized spacial score (nSPS) is 9.64. The predicted molar refractivity (Wildman–Crippen MR) is 62.4 cm³/mol. The highest BCUT2D eigenvalue weighted by Crippen LogP contribution is 2.07. The van der Waals surface area contributed by atoms with Crippen LogP contribution in [0.1, 0.15) is 5.56 Å². The fourth-order valence-electron chi connectivity index (χ4n) is 1.04. The van der Waals surface area contributed by atoms with Crippen molar-refractivity contribution in [1.82, 2.24) is 15.2 Å². The van der Waals surface area contributed by atoms with Gasteiger partial charge >= 0.3 is 0 Å². The largest absolute Gasteiger partial charge is 0.366 e. The van der Waals surface area contributed by atoms with Crippen LogP contribution in [0.15, 0.2) is 18.3 Å². The van der Waals surface area contributed by atoms with Gasteiger partial charge in [0.2, 0.25) is 0 Å². The topological polar surface area (TPSA) is 28.2 Å². The van der Waals surface area contributed by atoms with E-state index in [1.165, 1.54) is 0 Å². The first kappa shape index (κ1) is 11.2. The molecule has 0 aliphatic carbocycles. The number of aromatic nitrogens is 1. The number of halogens is 1. The van der Waals surface area contributed by atoms with Gasteiger partial charge in [-0.05, 0) is 23.8 Å². The number of pyridine rings is 1. The number of hydrogen-bond donors (Lipinski definition) is 1. The van der Waals surface area contributed by atoms with Crippen LogP contribution in [0.5, 0.6) is 0 Å². The molecule has 1 aromatic rings. The summed E-state index contributed by atoms with van der Waals surface area (Å²) < 4.78 is 0. The van der Waals surface area contributed by atoms with Crippen LogP contribution >= 0.6 is 23.8 Å². The lowest BCUT2D eigenvalue weighted by molar-refractivity contribution is 0.494. The molecule has 0 aliphatic rings. The molecule has 14 heavy (non-hydrogen) atoms. The third kappa shape index (κ3) is 3.12. The van der Waals surface area contributed by atoms with Crippen LogP contribution in [0.4, 0.5) is 0 Å². The second-order valence-corrected chi connectivity index (χ2v) is 3.67. The fraction of sp³-hybridized carbons (Fsp3) is 0.333. The summed E-state index contributed by atoms with van der Waals surface area (Å²) in [6.07, 6.45) is 1.75. The highest BCUT2D eigenvalue weighted by Gasteiger charge is 2.02. The average molecular weight is 230 g/mol. The van der Waals surface area contributed by atoms with Crippen molar-refractivity contribution in [3.8, 4) is 0 Å². The highest BCUT2D eigenvalue weighted by atomic mass is 35.5. The van der Waals surface area contributed by atoms with Crippen LogP contribution in [-0.2, 0) is 6.54 Å². The molecule has 0 radical (unpaired) electrons. The second kappa shape index (κ2) is 5.12. The molecule has 5 heteroatoms. The summed E-state index contributed by atoms with van der Waals surface area (Å²) in [4.78, 5) is 5.92. The Morgan fingerprint density at radius 1 is 1.64 bits per heavy atom. The van der Waals surface area contributed by atoms with E-state index in [1.807, 2.05) is 18.0 Å². The maximum absolute atomic E-state index is 5.68. The Labute approximate surface area is 94.1 Å². The lowest BCUT2D eigenvalue weighted by Crippen LogP contribution is -2.34. The van der Waals surface area contributed by atoms with Crippen molar-refractivity contribution in [2.75, 3.05) is 14.1 Å².